The summed E-state index contributed by atoms with van der Waals surface area (Å²) in [6.07, 6.45) is 0. The minimum absolute atomic E-state index is 0.0985. The van der Waals surface area contributed by atoms with E-state index < -0.39 is 38.9 Å². The molecule has 132 valence electrons. The Hall–Kier alpha value is -2.54. The van der Waals surface area contributed by atoms with Gasteiger partial charge < -0.3 is 5.32 Å². The predicted octanol–water partition coefficient (Wildman–Crippen LogP) is 2.68. The van der Waals surface area contributed by atoms with Gasteiger partial charge in [0.1, 0.15) is 17.3 Å². The van der Waals surface area contributed by atoms with E-state index in [0.29, 0.717) is 5.69 Å². The number of ketones is 1. The zero-order chi connectivity index (χ0) is 18.6. The molecule has 0 aliphatic carbocycles. The summed E-state index contributed by atoms with van der Waals surface area (Å²) in [4.78, 5) is 23.9. The third-order valence-corrected chi connectivity index (χ3v) is 4.92. The monoisotopic (exact) mass is 363 g/mol. The van der Waals surface area contributed by atoms with Crippen LogP contribution in [0.15, 0.2) is 42.5 Å². The Bertz CT molecular complexity index is 905. The molecule has 2 aromatic rings. The molecule has 2 rings (SSSR count). The smallest absolute Gasteiger partial charge is 0.239 e. The predicted molar refractivity (Wildman–Crippen MR) is 93.9 cm³/mol. The van der Waals surface area contributed by atoms with Crippen molar-refractivity contribution in [3.05, 3.63) is 65.0 Å². The van der Waals surface area contributed by atoms with Gasteiger partial charge in [0.2, 0.25) is 5.91 Å². The molecule has 0 atom stereocenters. The van der Waals surface area contributed by atoms with Gasteiger partial charge in [-0.3, -0.25) is 9.59 Å². The number of Topliss-reactive ketones (excluding diaryl/α,β-unsaturated/α-hetero) is 1. The second-order valence-electron chi connectivity index (χ2n) is 5.83. The van der Waals surface area contributed by atoms with Crippen LogP contribution in [0.5, 0.6) is 0 Å². The number of hydrogen-bond donors (Lipinski definition) is 1. The largest absolute Gasteiger partial charge is 0.325 e. The number of hydrogen-bond acceptors (Lipinski definition) is 4. The first-order valence-corrected chi connectivity index (χ1v) is 9.35. The van der Waals surface area contributed by atoms with Gasteiger partial charge in [-0.25, -0.2) is 12.8 Å². The van der Waals surface area contributed by atoms with Crippen LogP contribution in [0.25, 0.3) is 0 Å². The lowest BCUT2D eigenvalue weighted by Gasteiger charge is -2.07. The van der Waals surface area contributed by atoms with Crippen LogP contribution < -0.4 is 5.32 Å². The standard InChI is InChI=1S/C18H18FNO4S/c1-12-3-6-15(7-4-12)20-18(22)11-25(23,24)10-17(21)14-5-8-16(19)13(2)9-14/h3-9H,10-11H2,1-2H3,(H,20,22). The molecule has 0 aromatic heterocycles. The van der Waals surface area contributed by atoms with Gasteiger partial charge in [0, 0.05) is 11.3 Å². The molecule has 2 aromatic carbocycles. The highest BCUT2D eigenvalue weighted by Crippen LogP contribution is 2.12. The van der Waals surface area contributed by atoms with Crippen LogP contribution in [-0.4, -0.2) is 31.6 Å². The van der Waals surface area contributed by atoms with Crippen molar-refractivity contribution < 1.29 is 22.4 Å². The van der Waals surface area contributed by atoms with Crippen LogP contribution in [0.3, 0.4) is 0 Å². The van der Waals surface area contributed by atoms with E-state index in [1.807, 2.05) is 6.92 Å². The SMILES string of the molecule is Cc1ccc(NC(=O)CS(=O)(=O)CC(=O)c2ccc(F)c(C)c2)cc1. The lowest BCUT2D eigenvalue weighted by Crippen LogP contribution is -2.27. The average molecular weight is 363 g/mol. The number of anilines is 1. The number of sulfone groups is 1. The number of rotatable bonds is 6. The fourth-order valence-electron chi connectivity index (χ4n) is 2.19. The summed E-state index contributed by atoms with van der Waals surface area (Å²) in [5, 5.41) is 2.48. The van der Waals surface area contributed by atoms with E-state index >= 15 is 0 Å². The normalized spacial score (nSPS) is 11.2. The summed E-state index contributed by atoms with van der Waals surface area (Å²) in [6.45, 7) is 3.37. The molecule has 0 fully saturated rings. The van der Waals surface area contributed by atoms with E-state index in [1.165, 1.54) is 19.1 Å². The van der Waals surface area contributed by atoms with Gasteiger partial charge in [0.15, 0.2) is 15.6 Å². The second-order valence-corrected chi connectivity index (χ2v) is 7.90. The first-order chi connectivity index (χ1) is 11.7. The maximum atomic E-state index is 13.2. The van der Waals surface area contributed by atoms with E-state index in [2.05, 4.69) is 5.32 Å². The van der Waals surface area contributed by atoms with Crippen LogP contribution in [-0.2, 0) is 14.6 Å². The van der Waals surface area contributed by atoms with Gasteiger partial charge in [-0.2, -0.15) is 0 Å². The van der Waals surface area contributed by atoms with Gasteiger partial charge in [-0.15, -0.1) is 0 Å². The molecule has 1 N–H and O–H groups in total. The van der Waals surface area contributed by atoms with Gasteiger partial charge in [-0.05, 0) is 49.7 Å². The third-order valence-electron chi connectivity index (χ3n) is 3.52. The Balaban J connectivity index is 2.00. The highest BCUT2D eigenvalue weighted by Gasteiger charge is 2.22. The second kappa shape index (κ2) is 7.57. The van der Waals surface area contributed by atoms with E-state index in [0.717, 1.165) is 11.6 Å². The molecular weight excluding hydrogens is 345 g/mol. The molecule has 1 amide bonds. The van der Waals surface area contributed by atoms with Gasteiger partial charge in [0.25, 0.3) is 0 Å². The van der Waals surface area contributed by atoms with Crippen molar-refractivity contribution in [2.24, 2.45) is 0 Å². The number of nitrogens with one attached hydrogen (secondary N) is 1. The van der Waals surface area contributed by atoms with E-state index in [9.17, 15) is 22.4 Å². The molecule has 5 nitrogen and oxygen atoms in total. The van der Waals surface area contributed by atoms with Gasteiger partial charge in [0.05, 0.1) is 0 Å². The summed E-state index contributed by atoms with van der Waals surface area (Å²) in [7, 11) is -3.93. The molecule has 0 aliphatic heterocycles. The molecule has 0 heterocycles. The summed E-state index contributed by atoms with van der Waals surface area (Å²) in [6, 6.07) is 10.5. The van der Waals surface area contributed by atoms with Crippen molar-refractivity contribution in [2.75, 3.05) is 16.8 Å². The molecule has 0 saturated carbocycles. The average Bonchev–Trinajstić information content (AvgIpc) is 2.51. The van der Waals surface area contributed by atoms with Crippen LogP contribution >= 0.6 is 0 Å². The molecule has 0 unspecified atom stereocenters. The number of amides is 1. The van der Waals surface area contributed by atoms with Crippen LogP contribution in [0.4, 0.5) is 10.1 Å². The highest BCUT2D eigenvalue weighted by molar-refractivity contribution is 7.92. The topological polar surface area (TPSA) is 80.3 Å². The quantitative estimate of drug-likeness (QED) is 0.800. The Kier molecular flexibility index (Phi) is 5.69. The minimum Gasteiger partial charge on any atom is -0.325 e. The molecule has 7 heteroatoms. The van der Waals surface area contributed by atoms with Crippen molar-refractivity contribution in [3.8, 4) is 0 Å². The van der Waals surface area contributed by atoms with Crippen molar-refractivity contribution in [1.82, 2.24) is 0 Å². The Morgan fingerprint density at radius 3 is 2.24 bits per heavy atom. The van der Waals surface area contributed by atoms with Crippen molar-refractivity contribution in [1.29, 1.82) is 0 Å². The number of carbonyl (C=O) groups is 2. The maximum Gasteiger partial charge on any atom is 0.239 e. The number of benzene rings is 2. The molecule has 0 spiro atoms. The van der Waals surface area contributed by atoms with Gasteiger partial charge >= 0.3 is 0 Å². The lowest BCUT2D eigenvalue weighted by atomic mass is 10.1. The highest BCUT2D eigenvalue weighted by atomic mass is 32.2. The molecule has 0 radical (unpaired) electrons. The van der Waals surface area contributed by atoms with Crippen molar-refractivity contribution in [2.45, 2.75) is 13.8 Å². The summed E-state index contributed by atoms with van der Waals surface area (Å²) < 4.78 is 37.4. The Morgan fingerprint density at radius 1 is 1.00 bits per heavy atom. The molecule has 0 bridgehead atoms. The first kappa shape index (κ1) is 18.8. The Morgan fingerprint density at radius 2 is 1.64 bits per heavy atom. The third kappa shape index (κ3) is 5.49. The van der Waals surface area contributed by atoms with Gasteiger partial charge in [-0.1, -0.05) is 17.7 Å². The fraction of sp³-hybridized carbons (Fsp3) is 0.222. The van der Waals surface area contributed by atoms with E-state index in [4.69, 9.17) is 0 Å². The maximum absolute atomic E-state index is 13.2. The van der Waals surface area contributed by atoms with Crippen molar-refractivity contribution >= 4 is 27.2 Å². The number of aryl methyl sites for hydroxylation is 2. The molecule has 0 aliphatic rings. The first-order valence-electron chi connectivity index (χ1n) is 7.52. The number of halogens is 1. The fourth-order valence-corrected chi connectivity index (χ4v) is 3.33. The summed E-state index contributed by atoms with van der Waals surface area (Å²) >= 11 is 0. The van der Waals surface area contributed by atoms with Crippen LogP contribution in [0, 0.1) is 19.7 Å². The molecular formula is C18H18FNO4S. The minimum atomic E-state index is -3.93. The zero-order valence-electron chi connectivity index (χ0n) is 13.9. The van der Waals surface area contributed by atoms with Crippen LogP contribution in [0.1, 0.15) is 21.5 Å². The summed E-state index contributed by atoms with van der Waals surface area (Å²) in [5.74, 6) is -3.47. The van der Waals surface area contributed by atoms with Crippen molar-refractivity contribution in [3.63, 3.8) is 0 Å². The summed E-state index contributed by atoms with van der Waals surface area (Å²) in [5.41, 5.74) is 1.83. The molecule has 25 heavy (non-hydrogen) atoms. The number of carbonyl (C=O) groups excluding carboxylic acids is 2. The van der Waals surface area contributed by atoms with E-state index in [-0.39, 0.29) is 11.1 Å². The van der Waals surface area contributed by atoms with E-state index in [1.54, 1.807) is 24.3 Å². The Labute approximate surface area is 145 Å². The molecule has 0 saturated heterocycles. The van der Waals surface area contributed by atoms with Crippen LogP contribution in [0.2, 0.25) is 0 Å². The zero-order valence-corrected chi connectivity index (χ0v) is 14.7. The lowest BCUT2D eigenvalue weighted by molar-refractivity contribution is -0.113.